The number of halogens is 2. The Kier molecular flexibility index (Phi) is 6.95. The average Bonchev–Trinajstić information content (AvgIpc) is 3.48. The third kappa shape index (κ3) is 5.05. The van der Waals surface area contributed by atoms with Crippen molar-refractivity contribution in [2.45, 2.75) is 44.2 Å². The monoisotopic (exact) mass is 454 g/mol. The molecule has 1 aromatic heterocycles. The van der Waals surface area contributed by atoms with Gasteiger partial charge in [-0.25, -0.2) is 8.78 Å². The third-order valence-electron chi connectivity index (χ3n) is 5.69. The molecule has 1 heterocycles. The highest BCUT2D eigenvalue weighted by atomic mass is 32.1. The first-order chi connectivity index (χ1) is 15.5. The standard InChI is InChI=1S/C25H24F2N2O2S/c26-17-11-13-19(14-12-17)29(23(30)16-20-8-5-15-32-20)24(21-9-3-4-10-22(21)27)25(31)28-18-6-1-2-7-18/h3-5,8-15,18,24H,1-2,6-7,16H2,(H,28,31). The minimum absolute atomic E-state index is 0.000704. The van der Waals surface area contributed by atoms with Crippen LogP contribution in [0.4, 0.5) is 14.5 Å². The van der Waals surface area contributed by atoms with Crippen molar-refractivity contribution < 1.29 is 18.4 Å². The number of benzene rings is 2. The fourth-order valence-corrected chi connectivity index (χ4v) is 4.83. The fourth-order valence-electron chi connectivity index (χ4n) is 4.13. The van der Waals surface area contributed by atoms with Gasteiger partial charge in [0.05, 0.1) is 6.42 Å². The van der Waals surface area contributed by atoms with Crippen molar-refractivity contribution in [3.05, 3.63) is 88.1 Å². The summed E-state index contributed by atoms with van der Waals surface area (Å²) in [5, 5.41) is 4.88. The van der Waals surface area contributed by atoms with E-state index in [4.69, 9.17) is 0 Å². The molecule has 1 N–H and O–H groups in total. The van der Waals surface area contributed by atoms with Crippen LogP contribution >= 0.6 is 11.3 Å². The molecule has 3 aromatic rings. The average molecular weight is 455 g/mol. The lowest BCUT2D eigenvalue weighted by Crippen LogP contribution is -2.47. The van der Waals surface area contributed by atoms with E-state index in [2.05, 4.69) is 5.32 Å². The molecule has 1 saturated carbocycles. The molecule has 7 heteroatoms. The second-order valence-corrected chi connectivity index (χ2v) is 8.94. The summed E-state index contributed by atoms with van der Waals surface area (Å²) >= 11 is 1.43. The van der Waals surface area contributed by atoms with Crippen LogP contribution in [0.3, 0.4) is 0 Å². The zero-order chi connectivity index (χ0) is 22.5. The second-order valence-electron chi connectivity index (χ2n) is 7.91. The molecule has 32 heavy (non-hydrogen) atoms. The maximum absolute atomic E-state index is 14.9. The molecule has 2 aromatic carbocycles. The predicted molar refractivity (Wildman–Crippen MR) is 121 cm³/mol. The third-order valence-corrected chi connectivity index (χ3v) is 6.56. The van der Waals surface area contributed by atoms with E-state index in [1.165, 1.54) is 52.6 Å². The predicted octanol–water partition coefficient (Wildman–Crippen LogP) is 5.40. The van der Waals surface area contributed by atoms with Crippen molar-refractivity contribution in [2.24, 2.45) is 0 Å². The molecule has 1 unspecified atom stereocenters. The molecule has 0 bridgehead atoms. The number of carbonyl (C=O) groups excluding carboxylic acids is 2. The lowest BCUT2D eigenvalue weighted by molar-refractivity contribution is -0.127. The highest BCUT2D eigenvalue weighted by Crippen LogP contribution is 2.31. The zero-order valence-electron chi connectivity index (χ0n) is 17.5. The summed E-state index contributed by atoms with van der Waals surface area (Å²) in [4.78, 5) is 29.1. The smallest absolute Gasteiger partial charge is 0.248 e. The lowest BCUT2D eigenvalue weighted by atomic mass is 10.0. The maximum atomic E-state index is 14.9. The molecule has 0 aliphatic heterocycles. The quantitative estimate of drug-likeness (QED) is 0.520. The molecule has 1 aliphatic rings. The number of rotatable bonds is 7. The Morgan fingerprint density at radius 1 is 1.00 bits per heavy atom. The highest BCUT2D eigenvalue weighted by Gasteiger charge is 2.35. The molecule has 4 rings (SSSR count). The fraction of sp³-hybridized carbons (Fsp3) is 0.280. The van der Waals surface area contributed by atoms with E-state index >= 15 is 0 Å². The number of amides is 2. The van der Waals surface area contributed by atoms with E-state index < -0.39 is 23.6 Å². The summed E-state index contributed by atoms with van der Waals surface area (Å²) in [5.74, 6) is -1.84. The van der Waals surface area contributed by atoms with Crippen LogP contribution in [0.5, 0.6) is 0 Å². The van der Waals surface area contributed by atoms with Gasteiger partial charge >= 0.3 is 0 Å². The Morgan fingerprint density at radius 2 is 1.72 bits per heavy atom. The molecule has 0 radical (unpaired) electrons. The zero-order valence-corrected chi connectivity index (χ0v) is 18.3. The summed E-state index contributed by atoms with van der Waals surface area (Å²) in [5.41, 5.74) is 0.439. The number of thiophene rings is 1. The first-order valence-electron chi connectivity index (χ1n) is 10.7. The topological polar surface area (TPSA) is 49.4 Å². The number of nitrogens with zero attached hydrogens (tertiary/aromatic N) is 1. The van der Waals surface area contributed by atoms with E-state index in [-0.39, 0.29) is 23.9 Å². The van der Waals surface area contributed by atoms with E-state index in [0.29, 0.717) is 5.69 Å². The van der Waals surface area contributed by atoms with Crippen molar-refractivity contribution in [3.63, 3.8) is 0 Å². The minimum atomic E-state index is -1.21. The molecule has 2 amide bonds. The molecule has 4 nitrogen and oxygen atoms in total. The van der Waals surface area contributed by atoms with Gasteiger partial charge in [0.15, 0.2) is 0 Å². The van der Waals surface area contributed by atoms with Gasteiger partial charge in [-0.1, -0.05) is 37.1 Å². The van der Waals surface area contributed by atoms with Crippen molar-refractivity contribution in [1.29, 1.82) is 0 Å². The first-order valence-corrected chi connectivity index (χ1v) is 11.6. The molecular weight excluding hydrogens is 430 g/mol. The van der Waals surface area contributed by atoms with Crippen LogP contribution in [0.15, 0.2) is 66.0 Å². The molecule has 166 valence electrons. The highest BCUT2D eigenvalue weighted by molar-refractivity contribution is 7.10. The molecular formula is C25H24F2N2O2S. The molecule has 1 aliphatic carbocycles. The first kappa shape index (κ1) is 22.1. The number of carbonyl (C=O) groups is 2. The van der Waals surface area contributed by atoms with Crippen molar-refractivity contribution in [2.75, 3.05) is 4.90 Å². The van der Waals surface area contributed by atoms with Crippen LogP contribution in [0, 0.1) is 11.6 Å². The summed E-state index contributed by atoms with van der Waals surface area (Å²) in [7, 11) is 0. The van der Waals surface area contributed by atoms with Gasteiger partial charge in [-0.2, -0.15) is 0 Å². The minimum Gasteiger partial charge on any atom is -0.351 e. The van der Waals surface area contributed by atoms with E-state index in [1.54, 1.807) is 12.1 Å². The molecule has 1 atom stereocenters. The van der Waals surface area contributed by atoms with Crippen molar-refractivity contribution in [1.82, 2.24) is 5.32 Å². The van der Waals surface area contributed by atoms with Crippen LogP contribution in [0.2, 0.25) is 0 Å². The Morgan fingerprint density at radius 3 is 2.38 bits per heavy atom. The van der Waals surface area contributed by atoms with Gasteiger partial charge in [0.25, 0.3) is 0 Å². The number of hydrogen-bond donors (Lipinski definition) is 1. The largest absolute Gasteiger partial charge is 0.351 e. The summed E-state index contributed by atoms with van der Waals surface area (Å²) in [6, 6.07) is 13.8. The summed E-state index contributed by atoms with van der Waals surface area (Å²) < 4.78 is 28.6. The van der Waals surface area contributed by atoms with Crippen LogP contribution in [0.25, 0.3) is 0 Å². The Balaban J connectivity index is 1.77. The van der Waals surface area contributed by atoms with Gasteiger partial charge in [0, 0.05) is 22.2 Å². The van der Waals surface area contributed by atoms with E-state index in [0.717, 1.165) is 30.6 Å². The van der Waals surface area contributed by atoms with Gasteiger partial charge in [-0.15, -0.1) is 11.3 Å². The Labute approximate surface area is 189 Å². The summed E-state index contributed by atoms with van der Waals surface area (Å²) in [6.07, 6.45) is 3.81. The van der Waals surface area contributed by atoms with Gasteiger partial charge in [0.1, 0.15) is 17.7 Å². The van der Waals surface area contributed by atoms with Crippen LogP contribution in [-0.4, -0.2) is 17.9 Å². The van der Waals surface area contributed by atoms with E-state index in [1.807, 2.05) is 17.5 Å². The SMILES string of the molecule is O=C(NC1CCCC1)C(c1ccccc1F)N(C(=O)Cc1cccs1)c1ccc(F)cc1. The summed E-state index contributed by atoms with van der Waals surface area (Å²) in [6.45, 7) is 0. The van der Waals surface area contributed by atoms with Gasteiger partial charge in [-0.3, -0.25) is 14.5 Å². The number of anilines is 1. The van der Waals surface area contributed by atoms with Gasteiger partial charge in [-0.05, 0) is 54.6 Å². The van der Waals surface area contributed by atoms with Crippen molar-refractivity contribution >= 4 is 28.8 Å². The van der Waals surface area contributed by atoms with Crippen LogP contribution < -0.4 is 10.2 Å². The van der Waals surface area contributed by atoms with Crippen LogP contribution in [0.1, 0.15) is 42.2 Å². The molecule has 0 spiro atoms. The second kappa shape index (κ2) is 10.0. The molecule has 0 saturated heterocycles. The van der Waals surface area contributed by atoms with Crippen LogP contribution in [-0.2, 0) is 16.0 Å². The Bertz CT molecular complexity index is 1060. The number of nitrogens with one attached hydrogen (secondary N) is 1. The van der Waals surface area contributed by atoms with Crippen molar-refractivity contribution in [3.8, 4) is 0 Å². The number of hydrogen-bond acceptors (Lipinski definition) is 3. The van der Waals surface area contributed by atoms with Gasteiger partial charge in [0.2, 0.25) is 11.8 Å². The maximum Gasteiger partial charge on any atom is 0.248 e. The molecule has 1 fully saturated rings. The Hall–Kier alpha value is -3.06. The normalized spacial score (nSPS) is 14.8. The lowest BCUT2D eigenvalue weighted by Gasteiger charge is -2.32. The van der Waals surface area contributed by atoms with Gasteiger partial charge < -0.3 is 5.32 Å². The van der Waals surface area contributed by atoms with E-state index in [9.17, 15) is 18.4 Å².